The fourth-order valence-electron chi connectivity index (χ4n) is 3.72. The summed E-state index contributed by atoms with van der Waals surface area (Å²) in [6.45, 7) is 5.66. The predicted molar refractivity (Wildman–Crippen MR) is 106 cm³/mol. The van der Waals surface area contributed by atoms with Crippen LogP contribution in [0, 0.1) is 19.8 Å². The number of amides is 1. The van der Waals surface area contributed by atoms with Crippen LogP contribution in [0.1, 0.15) is 24.0 Å². The maximum atomic E-state index is 11.8. The quantitative estimate of drug-likeness (QED) is 0.706. The molecule has 2 heterocycles. The highest BCUT2D eigenvalue weighted by atomic mass is 32.1. The fourth-order valence-corrected chi connectivity index (χ4v) is 4.92. The minimum atomic E-state index is -0.193. The molecule has 1 saturated heterocycles. The van der Waals surface area contributed by atoms with Gasteiger partial charge < -0.3 is 10.6 Å². The summed E-state index contributed by atoms with van der Waals surface area (Å²) < 4.78 is 1.08. The lowest BCUT2D eigenvalue weighted by molar-refractivity contribution is -0.122. The molecule has 2 N–H and O–H groups in total. The summed E-state index contributed by atoms with van der Waals surface area (Å²) >= 11 is 1.61. The van der Waals surface area contributed by atoms with Crippen molar-refractivity contribution in [1.29, 1.82) is 0 Å². The Morgan fingerprint density at radius 3 is 2.58 bits per heavy atom. The molecule has 134 valence electrons. The molecule has 1 aliphatic carbocycles. The van der Waals surface area contributed by atoms with Gasteiger partial charge in [-0.2, -0.15) is 0 Å². The highest BCUT2D eigenvalue weighted by Gasteiger charge is 2.24. The van der Waals surface area contributed by atoms with E-state index in [0.29, 0.717) is 0 Å². The third kappa shape index (κ3) is 2.94. The first kappa shape index (κ1) is 17.0. The van der Waals surface area contributed by atoms with Gasteiger partial charge in [-0.3, -0.25) is 9.59 Å². The minimum Gasteiger partial charge on any atom is -0.371 e. The standard InChI is InChI=1S/C20H21N3O2S/c1-11-7-14(23-5-3-13(4-6-23)20(21)25)9-16-18(11)22-19-12(2)8-15(24)10-17(19)26-16/h7-10,13H,3-6H2,1-2H3,(H2,21,25). The van der Waals surface area contributed by atoms with Crippen LogP contribution < -0.4 is 16.1 Å². The van der Waals surface area contributed by atoms with Crippen LogP contribution in [0.3, 0.4) is 0 Å². The number of hydrogen-bond donors (Lipinski definition) is 1. The number of primary amides is 1. The second kappa shape index (κ2) is 6.36. The number of aryl methyl sites for hydroxylation is 2. The highest BCUT2D eigenvalue weighted by Crippen LogP contribution is 2.36. The third-order valence-electron chi connectivity index (χ3n) is 5.20. The van der Waals surface area contributed by atoms with Crippen molar-refractivity contribution in [3.63, 3.8) is 0 Å². The van der Waals surface area contributed by atoms with Crippen LogP contribution in [0.4, 0.5) is 5.69 Å². The molecule has 6 heteroatoms. The summed E-state index contributed by atoms with van der Waals surface area (Å²) in [5.41, 5.74) is 10.5. The smallest absolute Gasteiger partial charge is 0.220 e. The van der Waals surface area contributed by atoms with Crippen LogP contribution >= 0.6 is 11.3 Å². The molecule has 0 saturated carbocycles. The van der Waals surface area contributed by atoms with Gasteiger partial charge in [-0.1, -0.05) is 0 Å². The number of nitrogens with zero attached hydrogens (tertiary/aromatic N) is 2. The van der Waals surface area contributed by atoms with Gasteiger partial charge in [0.05, 0.1) is 20.8 Å². The second-order valence-corrected chi connectivity index (χ2v) is 8.16. The van der Waals surface area contributed by atoms with E-state index in [1.54, 1.807) is 23.5 Å². The van der Waals surface area contributed by atoms with Gasteiger partial charge >= 0.3 is 0 Å². The van der Waals surface area contributed by atoms with Gasteiger partial charge in [0.15, 0.2) is 5.43 Å². The summed E-state index contributed by atoms with van der Waals surface area (Å²) in [5.74, 6) is -0.208. The van der Waals surface area contributed by atoms with Gasteiger partial charge in [0.25, 0.3) is 0 Å². The zero-order chi connectivity index (χ0) is 18.4. The molecule has 3 aliphatic rings. The summed E-state index contributed by atoms with van der Waals surface area (Å²) in [7, 11) is 0. The molecule has 26 heavy (non-hydrogen) atoms. The summed E-state index contributed by atoms with van der Waals surface area (Å²) in [6, 6.07) is 7.62. The predicted octanol–water partition coefficient (Wildman–Crippen LogP) is 3.08. The van der Waals surface area contributed by atoms with Crippen molar-refractivity contribution >= 4 is 33.1 Å². The van der Waals surface area contributed by atoms with E-state index in [4.69, 9.17) is 10.7 Å². The van der Waals surface area contributed by atoms with Gasteiger partial charge in [0.2, 0.25) is 5.91 Å². The summed E-state index contributed by atoms with van der Waals surface area (Å²) in [5, 5.41) is 0. The van der Waals surface area contributed by atoms with Crippen LogP contribution in [0.25, 0.3) is 20.8 Å². The van der Waals surface area contributed by atoms with Crippen LogP contribution in [-0.4, -0.2) is 24.0 Å². The lowest BCUT2D eigenvalue weighted by Gasteiger charge is -2.32. The van der Waals surface area contributed by atoms with Gasteiger partial charge in [0.1, 0.15) is 0 Å². The molecular formula is C20H21N3O2S. The maximum Gasteiger partial charge on any atom is 0.220 e. The Hall–Kier alpha value is -2.47. The first-order valence-electron chi connectivity index (χ1n) is 8.82. The molecule has 1 aromatic rings. The Morgan fingerprint density at radius 1 is 1.15 bits per heavy atom. The molecule has 0 atom stereocenters. The number of anilines is 1. The number of carbonyl (C=O) groups is 1. The number of piperidine rings is 1. The maximum absolute atomic E-state index is 11.8. The van der Waals surface area contributed by atoms with Crippen molar-refractivity contribution in [3.05, 3.63) is 45.6 Å². The third-order valence-corrected chi connectivity index (χ3v) is 6.26. The number of nitrogens with two attached hydrogens (primary N) is 1. The van der Waals surface area contributed by atoms with Crippen molar-refractivity contribution in [2.75, 3.05) is 18.0 Å². The van der Waals surface area contributed by atoms with E-state index in [0.717, 1.165) is 63.5 Å². The first-order chi connectivity index (χ1) is 12.4. The fraction of sp³-hybridized carbons (Fsp3) is 0.350. The van der Waals surface area contributed by atoms with E-state index < -0.39 is 0 Å². The van der Waals surface area contributed by atoms with E-state index in [9.17, 15) is 9.59 Å². The zero-order valence-corrected chi connectivity index (χ0v) is 15.7. The molecule has 5 nitrogen and oxygen atoms in total. The van der Waals surface area contributed by atoms with Crippen molar-refractivity contribution < 1.29 is 4.79 Å². The van der Waals surface area contributed by atoms with Crippen LogP contribution in [-0.2, 0) is 4.79 Å². The summed E-state index contributed by atoms with van der Waals surface area (Å²) in [6.07, 6.45) is 1.59. The van der Waals surface area contributed by atoms with Crippen molar-refractivity contribution in [1.82, 2.24) is 4.98 Å². The van der Waals surface area contributed by atoms with Crippen LogP contribution in [0.5, 0.6) is 0 Å². The van der Waals surface area contributed by atoms with Crippen molar-refractivity contribution in [2.45, 2.75) is 26.7 Å². The molecular weight excluding hydrogens is 346 g/mol. The van der Waals surface area contributed by atoms with Crippen LogP contribution in [0.15, 0.2) is 29.1 Å². The average molecular weight is 367 g/mol. The zero-order valence-electron chi connectivity index (χ0n) is 14.9. The Kier molecular flexibility index (Phi) is 4.15. The Balaban J connectivity index is 1.77. The molecule has 0 radical (unpaired) electrons. The Morgan fingerprint density at radius 2 is 1.88 bits per heavy atom. The van der Waals surface area contributed by atoms with Crippen LogP contribution in [0.2, 0.25) is 0 Å². The van der Waals surface area contributed by atoms with E-state index in [-0.39, 0.29) is 17.3 Å². The van der Waals surface area contributed by atoms with E-state index >= 15 is 0 Å². The number of benzene rings is 2. The molecule has 0 unspecified atom stereocenters. The normalized spacial score (nSPS) is 15.7. The average Bonchev–Trinajstić information content (AvgIpc) is 2.60. The summed E-state index contributed by atoms with van der Waals surface area (Å²) in [4.78, 5) is 31.3. The van der Waals surface area contributed by atoms with E-state index in [2.05, 4.69) is 24.0 Å². The number of rotatable bonds is 2. The molecule has 2 aliphatic heterocycles. The van der Waals surface area contributed by atoms with Gasteiger partial charge in [-0.05, 0) is 56.0 Å². The molecule has 1 amide bonds. The molecule has 1 fully saturated rings. The topological polar surface area (TPSA) is 76.3 Å². The SMILES string of the molecule is Cc1cc(=O)cc2sc3cc(N4CCC(C(N)=O)CC4)cc(C)c3nc1-2. The Bertz CT molecular complexity index is 1040. The Labute approximate surface area is 155 Å². The first-order valence-corrected chi connectivity index (χ1v) is 9.64. The largest absolute Gasteiger partial charge is 0.371 e. The number of hydrogen-bond acceptors (Lipinski definition) is 5. The lowest BCUT2D eigenvalue weighted by atomic mass is 9.96. The van der Waals surface area contributed by atoms with Gasteiger partial charge in [0, 0.05) is 30.8 Å². The van der Waals surface area contributed by atoms with Crippen molar-refractivity contribution in [2.24, 2.45) is 11.7 Å². The second-order valence-electron chi connectivity index (χ2n) is 7.07. The minimum absolute atomic E-state index is 0.0142. The molecule has 0 aromatic heterocycles. The highest BCUT2D eigenvalue weighted by molar-refractivity contribution is 7.21. The van der Waals surface area contributed by atoms with Gasteiger partial charge in [-0.25, -0.2) is 4.98 Å². The van der Waals surface area contributed by atoms with E-state index in [1.165, 1.54) is 0 Å². The van der Waals surface area contributed by atoms with E-state index in [1.807, 2.05) is 6.92 Å². The number of carbonyl (C=O) groups excluding carboxylic acids is 1. The number of fused-ring (bicyclic) bond motifs is 2. The molecule has 0 spiro atoms. The lowest BCUT2D eigenvalue weighted by Crippen LogP contribution is -2.38. The monoisotopic (exact) mass is 367 g/mol. The number of aromatic nitrogens is 1. The molecule has 0 bridgehead atoms. The molecule has 4 rings (SSSR count). The van der Waals surface area contributed by atoms with Crippen molar-refractivity contribution in [3.8, 4) is 10.6 Å². The van der Waals surface area contributed by atoms with Gasteiger partial charge in [-0.15, -0.1) is 11.3 Å². The molecule has 1 aromatic carbocycles.